The van der Waals surface area contributed by atoms with Gasteiger partial charge in [0.05, 0.1) is 11.6 Å². The van der Waals surface area contributed by atoms with Gasteiger partial charge in [-0.25, -0.2) is 0 Å². The van der Waals surface area contributed by atoms with E-state index < -0.39 is 12.7 Å². The van der Waals surface area contributed by atoms with Gasteiger partial charge in [-0.3, -0.25) is 0 Å². The van der Waals surface area contributed by atoms with Crippen molar-refractivity contribution in [3.8, 4) is 6.07 Å². The Hall–Kier alpha value is -1.70. The number of halogens is 3. The summed E-state index contributed by atoms with van der Waals surface area (Å²) in [4.78, 5) is 1.30. The number of rotatable bonds is 4. The highest BCUT2D eigenvalue weighted by molar-refractivity contribution is 5.56. The zero-order valence-electron chi connectivity index (χ0n) is 10.4. The molecule has 1 aromatic rings. The first-order valence-electron chi connectivity index (χ1n) is 5.70. The number of hydrogen-bond donors (Lipinski definition) is 0. The summed E-state index contributed by atoms with van der Waals surface area (Å²) in [6.07, 6.45) is -3.59. The lowest BCUT2D eigenvalue weighted by molar-refractivity contribution is -0.119. The predicted octanol–water partition coefficient (Wildman–Crippen LogP) is 3.65. The molecule has 0 aliphatic rings. The van der Waals surface area contributed by atoms with E-state index >= 15 is 0 Å². The molecule has 1 rings (SSSR count). The van der Waals surface area contributed by atoms with Crippen molar-refractivity contribution in [1.82, 2.24) is 0 Å². The van der Waals surface area contributed by atoms with Gasteiger partial charge in [-0.2, -0.15) is 18.4 Å². The number of aryl methyl sites for hydroxylation is 1. The number of nitrogens with zero attached hydrogens (tertiary/aromatic N) is 2. The molecule has 0 aliphatic heterocycles. The van der Waals surface area contributed by atoms with Crippen LogP contribution in [0.3, 0.4) is 0 Å². The maximum atomic E-state index is 12.5. The van der Waals surface area contributed by atoms with Gasteiger partial charge in [-0.1, -0.05) is 6.92 Å². The average Bonchev–Trinajstić information content (AvgIpc) is 2.26. The smallest absolute Gasteiger partial charge is 0.362 e. The Balaban J connectivity index is 3.03. The average molecular weight is 256 g/mol. The first-order valence-corrected chi connectivity index (χ1v) is 5.70. The third-order valence-corrected chi connectivity index (χ3v) is 2.53. The molecule has 2 nitrogen and oxygen atoms in total. The van der Waals surface area contributed by atoms with E-state index in [2.05, 4.69) is 0 Å². The van der Waals surface area contributed by atoms with Gasteiger partial charge in [0, 0.05) is 12.2 Å². The van der Waals surface area contributed by atoms with Gasteiger partial charge in [-0.15, -0.1) is 0 Å². The van der Waals surface area contributed by atoms with Gasteiger partial charge in [0.25, 0.3) is 0 Å². The standard InChI is InChI=1S/C13H15F3N2/c1-3-6-18(9-13(14,15)16)12-5-4-11(8-17)7-10(12)2/h4-5,7H,3,6,9H2,1-2H3. The quantitative estimate of drug-likeness (QED) is 0.822. The van der Waals surface area contributed by atoms with Crippen molar-refractivity contribution >= 4 is 5.69 Å². The second-order valence-corrected chi connectivity index (χ2v) is 4.15. The van der Waals surface area contributed by atoms with E-state index in [-0.39, 0.29) is 0 Å². The summed E-state index contributed by atoms with van der Waals surface area (Å²) in [5.41, 5.74) is 1.68. The van der Waals surface area contributed by atoms with Crippen LogP contribution in [-0.2, 0) is 0 Å². The van der Waals surface area contributed by atoms with E-state index in [1.165, 1.54) is 4.90 Å². The van der Waals surface area contributed by atoms with Crippen molar-refractivity contribution < 1.29 is 13.2 Å². The zero-order valence-corrected chi connectivity index (χ0v) is 10.4. The largest absolute Gasteiger partial charge is 0.405 e. The van der Waals surface area contributed by atoms with Gasteiger partial charge in [0.1, 0.15) is 6.54 Å². The molecule has 0 aromatic heterocycles. The second kappa shape index (κ2) is 5.76. The minimum Gasteiger partial charge on any atom is -0.362 e. The normalized spacial score (nSPS) is 11.1. The van der Waals surface area contributed by atoms with E-state index in [1.807, 2.05) is 13.0 Å². The summed E-state index contributed by atoms with van der Waals surface area (Å²) in [5, 5.41) is 8.74. The summed E-state index contributed by atoms with van der Waals surface area (Å²) < 4.78 is 37.5. The van der Waals surface area contributed by atoms with Gasteiger partial charge in [-0.05, 0) is 37.1 Å². The Labute approximate surface area is 105 Å². The Bertz CT molecular complexity index is 447. The molecule has 0 fully saturated rings. The Kier molecular flexibility index (Phi) is 4.60. The van der Waals surface area contributed by atoms with Crippen molar-refractivity contribution in [3.05, 3.63) is 29.3 Å². The fourth-order valence-corrected chi connectivity index (χ4v) is 1.85. The highest BCUT2D eigenvalue weighted by Gasteiger charge is 2.31. The summed E-state index contributed by atoms with van der Waals surface area (Å²) in [5.74, 6) is 0. The summed E-state index contributed by atoms with van der Waals surface area (Å²) in [6, 6.07) is 6.70. The predicted molar refractivity (Wildman–Crippen MR) is 64.5 cm³/mol. The molecule has 0 saturated heterocycles. The Morgan fingerprint density at radius 1 is 1.33 bits per heavy atom. The van der Waals surface area contributed by atoms with E-state index in [0.717, 1.165) is 0 Å². The molecule has 18 heavy (non-hydrogen) atoms. The molecule has 0 aliphatic carbocycles. The molecule has 0 bridgehead atoms. The highest BCUT2D eigenvalue weighted by atomic mass is 19.4. The zero-order chi connectivity index (χ0) is 13.8. The lowest BCUT2D eigenvalue weighted by Gasteiger charge is -2.27. The van der Waals surface area contributed by atoms with Crippen LogP contribution in [0, 0.1) is 18.3 Å². The number of anilines is 1. The van der Waals surface area contributed by atoms with Crippen LogP contribution in [0.5, 0.6) is 0 Å². The molecule has 0 saturated carbocycles. The van der Waals surface area contributed by atoms with Crippen molar-refractivity contribution in [3.63, 3.8) is 0 Å². The molecule has 0 amide bonds. The molecule has 0 radical (unpaired) electrons. The Morgan fingerprint density at radius 3 is 2.44 bits per heavy atom. The molecule has 0 N–H and O–H groups in total. The first-order chi connectivity index (χ1) is 8.37. The van der Waals surface area contributed by atoms with Crippen molar-refractivity contribution in [2.45, 2.75) is 26.4 Å². The minimum absolute atomic E-state index is 0.340. The van der Waals surface area contributed by atoms with Crippen LogP contribution in [0.15, 0.2) is 18.2 Å². The van der Waals surface area contributed by atoms with E-state index in [1.54, 1.807) is 25.1 Å². The van der Waals surface area contributed by atoms with Crippen LogP contribution in [0.1, 0.15) is 24.5 Å². The SMILES string of the molecule is CCCN(CC(F)(F)F)c1ccc(C#N)cc1C. The molecule has 5 heteroatoms. The van der Waals surface area contributed by atoms with Gasteiger partial charge in [0.2, 0.25) is 0 Å². The van der Waals surface area contributed by atoms with E-state index in [9.17, 15) is 13.2 Å². The lowest BCUT2D eigenvalue weighted by atomic mass is 10.1. The van der Waals surface area contributed by atoms with E-state index in [0.29, 0.717) is 29.8 Å². The van der Waals surface area contributed by atoms with Crippen LogP contribution in [0.25, 0.3) is 0 Å². The lowest BCUT2D eigenvalue weighted by Crippen LogP contribution is -2.35. The maximum Gasteiger partial charge on any atom is 0.405 e. The van der Waals surface area contributed by atoms with Crippen molar-refractivity contribution in [1.29, 1.82) is 5.26 Å². The van der Waals surface area contributed by atoms with Crippen LogP contribution in [0.2, 0.25) is 0 Å². The molecule has 0 heterocycles. The van der Waals surface area contributed by atoms with Crippen molar-refractivity contribution in [2.24, 2.45) is 0 Å². The molecular formula is C13H15F3N2. The fourth-order valence-electron chi connectivity index (χ4n) is 1.85. The first kappa shape index (κ1) is 14.4. The number of nitriles is 1. The van der Waals surface area contributed by atoms with Crippen LogP contribution < -0.4 is 4.90 Å². The van der Waals surface area contributed by atoms with E-state index in [4.69, 9.17) is 5.26 Å². The number of hydrogen-bond acceptors (Lipinski definition) is 2. The third-order valence-electron chi connectivity index (χ3n) is 2.53. The fraction of sp³-hybridized carbons (Fsp3) is 0.462. The van der Waals surface area contributed by atoms with Crippen LogP contribution in [-0.4, -0.2) is 19.3 Å². The number of alkyl halides is 3. The minimum atomic E-state index is -4.23. The third kappa shape index (κ3) is 3.95. The van der Waals surface area contributed by atoms with Gasteiger partial charge >= 0.3 is 6.18 Å². The molecule has 0 spiro atoms. The van der Waals surface area contributed by atoms with Crippen LogP contribution >= 0.6 is 0 Å². The summed E-state index contributed by atoms with van der Waals surface area (Å²) >= 11 is 0. The Morgan fingerprint density at radius 2 is 2.00 bits per heavy atom. The second-order valence-electron chi connectivity index (χ2n) is 4.15. The molecular weight excluding hydrogens is 241 g/mol. The van der Waals surface area contributed by atoms with Crippen LogP contribution in [0.4, 0.5) is 18.9 Å². The van der Waals surface area contributed by atoms with Crippen molar-refractivity contribution in [2.75, 3.05) is 18.0 Å². The summed E-state index contributed by atoms with van der Waals surface area (Å²) in [7, 11) is 0. The molecule has 1 aromatic carbocycles. The highest BCUT2D eigenvalue weighted by Crippen LogP contribution is 2.25. The monoisotopic (exact) mass is 256 g/mol. The molecule has 0 atom stereocenters. The number of benzene rings is 1. The molecule has 98 valence electrons. The maximum absolute atomic E-state index is 12.5. The van der Waals surface area contributed by atoms with Gasteiger partial charge < -0.3 is 4.90 Å². The molecule has 0 unspecified atom stereocenters. The summed E-state index contributed by atoms with van der Waals surface area (Å²) in [6.45, 7) is 2.93. The van der Waals surface area contributed by atoms with Gasteiger partial charge in [0.15, 0.2) is 0 Å². The topological polar surface area (TPSA) is 27.0 Å².